The molecule has 0 spiro atoms. The van der Waals surface area contributed by atoms with E-state index >= 15 is 0 Å². The number of hydrogen-bond donors (Lipinski definition) is 2. The molecule has 1 aromatic heterocycles. The molecule has 0 saturated heterocycles. The van der Waals surface area contributed by atoms with Gasteiger partial charge in [-0.2, -0.15) is 0 Å². The predicted octanol–water partition coefficient (Wildman–Crippen LogP) is 2.49. The maximum absolute atomic E-state index is 12.8. The molecule has 0 aliphatic heterocycles. The maximum Gasteiger partial charge on any atom is 0.259 e. The van der Waals surface area contributed by atoms with E-state index in [1.165, 1.54) is 12.3 Å². The Labute approximate surface area is 103 Å². The number of nitrogens with one attached hydrogen (secondary N) is 1. The first-order valence-corrected chi connectivity index (χ1v) is 5.29. The molecule has 0 saturated carbocycles. The minimum atomic E-state index is -0.596. The van der Waals surface area contributed by atoms with Crippen LogP contribution in [0.1, 0.15) is 16.1 Å². The fourth-order valence-corrected chi connectivity index (χ4v) is 1.44. The first-order chi connectivity index (χ1) is 8.56. The van der Waals surface area contributed by atoms with Crippen molar-refractivity contribution < 1.29 is 14.3 Å². The van der Waals surface area contributed by atoms with Crippen LogP contribution in [-0.4, -0.2) is 16.0 Å². The smallest absolute Gasteiger partial charge is 0.259 e. The van der Waals surface area contributed by atoms with Gasteiger partial charge in [-0.05, 0) is 31.2 Å². The van der Waals surface area contributed by atoms with Crippen LogP contribution in [0.25, 0.3) is 0 Å². The van der Waals surface area contributed by atoms with Crippen molar-refractivity contribution in [2.75, 3.05) is 5.32 Å². The van der Waals surface area contributed by atoms with Crippen LogP contribution in [-0.2, 0) is 0 Å². The number of benzene rings is 1. The summed E-state index contributed by atoms with van der Waals surface area (Å²) in [6.45, 7) is 1.83. The van der Waals surface area contributed by atoms with Crippen molar-refractivity contribution in [3.63, 3.8) is 0 Å². The Hall–Kier alpha value is -2.43. The lowest BCUT2D eigenvalue weighted by Gasteiger charge is -2.06. The number of aryl methyl sites for hydroxylation is 1. The zero-order valence-corrected chi connectivity index (χ0v) is 9.64. The zero-order chi connectivity index (χ0) is 13.1. The number of amides is 1. The van der Waals surface area contributed by atoms with Crippen molar-refractivity contribution in [2.45, 2.75) is 6.92 Å². The molecule has 1 amide bonds. The molecule has 18 heavy (non-hydrogen) atoms. The summed E-state index contributed by atoms with van der Waals surface area (Å²) < 4.78 is 12.8. The summed E-state index contributed by atoms with van der Waals surface area (Å²) in [4.78, 5) is 15.8. The molecule has 1 heterocycles. The number of aromatic nitrogens is 1. The fraction of sp³-hybridized carbons (Fsp3) is 0.0769. The van der Waals surface area contributed by atoms with Crippen molar-refractivity contribution in [1.82, 2.24) is 4.98 Å². The molecular weight excluding hydrogens is 235 g/mol. The van der Waals surface area contributed by atoms with Gasteiger partial charge in [0.05, 0.1) is 17.4 Å². The van der Waals surface area contributed by atoms with Crippen molar-refractivity contribution in [1.29, 1.82) is 0 Å². The molecular formula is C13H11FN2O2. The molecule has 92 valence electrons. The molecule has 2 aromatic rings. The summed E-state index contributed by atoms with van der Waals surface area (Å²) in [5.41, 5.74) is 1.35. The third-order valence-corrected chi connectivity index (χ3v) is 2.37. The first kappa shape index (κ1) is 12.0. The summed E-state index contributed by atoms with van der Waals surface area (Å²) in [6, 6.07) is 6.67. The van der Waals surface area contributed by atoms with Gasteiger partial charge in [0.2, 0.25) is 0 Å². The first-order valence-electron chi connectivity index (χ1n) is 5.29. The van der Waals surface area contributed by atoms with Gasteiger partial charge in [-0.15, -0.1) is 0 Å². The Bertz CT molecular complexity index is 582. The summed E-state index contributed by atoms with van der Waals surface area (Å²) in [6.07, 6.45) is 1.51. The minimum Gasteiger partial charge on any atom is -0.507 e. The van der Waals surface area contributed by atoms with E-state index in [9.17, 15) is 14.3 Å². The van der Waals surface area contributed by atoms with Crippen molar-refractivity contribution >= 4 is 11.6 Å². The minimum absolute atomic E-state index is 0.0111. The standard InChI is InChI=1S/C13H11FN2O2/c1-8-2-4-10(7-15-8)16-13(18)11-5-3-9(14)6-12(11)17/h2-7,17H,1H3,(H,16,18). The Morgan fingerprint density at radius 1 is 1.33 bits per heavy atom. The predicted molar refractivity (Wildman–Crippen MR) is 65.0 cm³/mol. The van der Waals surface area contributed by atoms with E-state index in [0.29, 0.717) is 5.69 Å². The normalized spacial score (nSPS) is 10.1. The number of phenolic OH excluding ortho intramolecular Hbond substituents is 1. The second kappa shape index (κ2) is 4.83. The van der Waals surface area contributed by atoms with E-state index in [0.717, 1.165) is 17.8 Å². The van der Waals surface area contributed by atoms with Crippen LogP contribution in [0.3, 0.4) is 0 Å². The number of carbonyl (C=O) groups excluding carboxylic acids is 1. The van der Waals surface area contributed by atoms with Gasteiger partial charge >= 0.3 is 0 Å². The zero-order valence-electron chi connectivity index (χ0n) is 9.64. The number of phenols is 1. The lowest BCUT2D eigenvalue weighted by Crippen LogP contribution is -2.12. The third kappa shape index (κ3) is 2.63. The lowest BCUT2D eigenvalue weighted by atomic mass is 10.2. The van der Waals surface area contributed by atoms with E-state index in [4.69, 9.17) is 0 Å². The monoisotopic (exact) mass is 246 g/mol. The summed E-state index contributed by atoms with van der Waals surface area (Å²) in [5.74, 6) is -1.51. The number of anilines is 1. The van der Waals surface area contributed by atoms with Crippen molar-refractivity contribution in [3.05, 3.63) is 53.6 Å². The number of nitrogens with zero attached hydrogens (tertiary/aromatic N) is 1. The Kier molecular flexibility index (Phi) is 3.23. The largest absolute Gasteiger partial charge is 0.507 e. The van der Waals surface area contributed by atoms with Crippen LogP contribution in [0, 0.1) is 12.7 Å². The number of rotatable bonds is 2. The van der Waals surface area contributed by atoms with E-state index in [1.807, 2.05) is 6.92 Å². The van der Waals surface area contributed by atoms with Crippen LogP contribution in [0.4, 0.5) is 10.1 Å². The van der Waals surface area contributed by atoms with Gasteiger partial charge in [-0.1, -0.05) is 0 Å². The van der Waals surface area contributed by atoms with Crippen LogP contribution >= 0.6 is 0 Å². The van der Waals surface area contributed by atoms with Gasteiger partial charge in [0.25, 0.3) is 5.91 Å². The molecule has 0 radical (unpaired) electrons. The molecule has 0 atom stereocenters. The van der Waals surface area contributed by atoms with Crippen LogP contribution in [0.15, 0.2) is 36.5 Å². The van der Waals surface area contributed by atoms with Crippen LogP contribution in [0.2, 0.25) is 0 Å². The molecule has 2 N–H and O–H groups in total. The lowest BCUT2D eigenvalue weighted by molar-refractivity contribution is 0.102. The number of pyridine rings is 1. The Balaban J connectivity index is 2.19. The van der Waals surface area contributed by atoms with Gasteiger partial charge in [-0.3, -0.25) is 9.78 Å². The topological polar surface area (TPSA) is 62.2 Å². The Morgan fingerprint density at radius 3 is 2.72 bits per heavy atom. The van der Waals surface area contributed by atoms with E-state index < -0.39 is 17.5 Å². The van der Waals surface area contributed by atoms with Crippen molar-refractivity contribution in [3.8, 4) is 5.75 Å². The molecule has 4 nitrogen and oxygen atoms in total. The molecule has 5 heteroatoms. The van der Waals surface area contributed by atoms with E-state index in [1.54, 1.807) is 12.1 Å². The number of carbonyl (C=O) groups is 1. The number of aromatic hydroxyl groups is 1. The van der Waals surface area contributed by atoms with Gasteiger partial charge < -0.3 is 10.4 Å². The molecule has 0 fully saturated rings. The summed E-state index contributed by atoms with van der Waals surface area (Å²) >= 11 is 0. The highest BCUT2D eigenvalue weighted by Crippen LogP contribution is 2.19. The van der Waals surface area contributed by atoms with Gasteiger partial charge in [-0.25, -0.2) is 4.39 Å². The number of halogens is 1. The molecule has 0 aliphatic carbocycles. The maximum atomic E-state index is 12.8. The third-order valence-electron chi connectivity index (χ3n) is 2.37. The average Bonchev–Trinajstić information content (AvgIpc) is 2.32. The van der Waals surface area contributed by atoms with Gasteiger partial charge in [0.15, 0.2) is 0 Å². The van der Waals surface area contributed by atoms with E-state index in [-0.39, 0.29) is 5.56 Å². The highest BCUT2D eigenvalue weighted by atomic mass is 19.1. The second-order valence-corrected chi connectivity index (χ2v) is 3.80. The molecule has 2 rings (SSSR count). The SMILES string of the molecule is Cc1ccc(NC(=O)c2ccc(F)cc2O)cn1. The second-order valence-electron chi connectivity index (χ2n) is 3.80. The average molecular weight is 246 g/mol. The highest BCUT2D eigenvalue weighted by molar-refractivity contribution is 6.06. The molecule has 1 aromatic carbocycles. The quantitative estimate of drug-likeness (QED) is 0.855. The summed E-state index contributed by atoms with van der Waals surface area (Å²) in [5, 5.41) is 12.0. The van der Waals surface area contributed by atoms with Gasteiger partial charge in [0, 0.05) is 11.8 Å². The Morgan fingerprint density at radius 2 is 2.11 bits per heavy atom. The summed E-state index contributed by atoms with van der Waals surface area (Å²) in [7, 11) is 0. The van der Waals surface area contributed by atoms with Crippen molar-refractivity contribution in [2.24, 2.45) is 0 Å². The van der Waals surface area contributed by atoms with E-state index in [2.05, 4.69) is 10.3 Å². The van der Waals surface area contributed by atoms with Crippen LogP contribution in [0.5, 0.6) is 5.75 Å². The van der Waals surface area contributed by atoms with Gasteiger partial charge in [0.1, 0.15) is 11.6 Å². The van der Waals surface area contributed by atoms with Crippen LogP contribution < -0.4 is 5.32 Å². The highest BCUT2D eigenvalue weighted by Gasteiger charge is 2.11. The number of hydrogen-bond acceptors (Lipinski definition) is 3. The molecule has 0 bridgehead atoms. The molecule has 0 aliphatic rings. The fourth-order valence-electron chi connectivity index (χ4n) is 1.44. The molecule has 0 unspecified atom stereocenters.